The monoisotopic (exact) mass is 292 g/mol. The molecule has 1 aliphatic carbocycles. The zero-order valence-electron chi connectivity index (χ0n) is 12.3. The van der Waals surface area contributed by atoms with Crippen molar-refractivity contribution in [2.45, 2.75) is 38.1 Å². The highest BCUT2D eigenvalue weighted by Crippen LogP contribution is 2.49. The average molecular weight is 293 g/mol. The van der Waals surface area contributed by atoms with E-state index in [0.717, 1.165) is 25.9 Å². The Morgan fingerprint density at radius 1 is 1.50 bits per heavy atom. The van der Waals surface area contributed by atoms with Gasteiger partial charge in [-0.2, -0.15) is 0 Å². The summed E-state index contributed by atoms with van der Waals surface area (Å²) < 4.78 is 0. The van der Waals surface area contributed by atoms with Crippen molar-refractivity contribution >= 4 is 0 Å². The van der Waals surface area contributed by atoms with Gasteiger partial charge in [0.15, 0.2) is 0 Å². The summed E-state index contributed by atoms with van der Waals surface area (Å²) in [5.74, 6) is 1.02. The van der Waals surface area contributed by atoms with E-state index in [1.165, 1.54) is 11.1 Å². The number of aromatic hydroxyl groups is 1. The number of phenolic OH excluding ortho intramolecular Hbond substituents is 1. The van der Waals surface area contributed by atoms with Gasteiger partial charge in [-0.15, -0.1) is 6.58 Å². The first-order valence-corrected chi connectivity index (χ1v) is 7.23. The van der Waals surface area contributed by atoms with Crippen molar-refractivity contribution in [3.63, 3.8) is 0 Å². The molecule has 3 heteroatoms. The van der Waals surface area contributed by atoms with Crippen LogP contribution in [0.15, 0.2) is 30.9 Å². The number of piperidine rings is 1. The lowest BCUT2D eigenvalue weighted by molar-refractivity contribution is -0.00000562. The smallest absolute Gasteiger partial charge is 0.115 e. The van der Waals surface area contributed by atoms with Gasteiger partial charge in [0.05, 0.1) is 0 Å². The van der Waals surface area contributed by atoms with Gasteiger partial charge in [-0.1, -0.05) is 26.0 Å². The lowest BCUT2D eigenvalue weighted by Gasteiger charge is -2.54. The van der Waals surface area contributed by atoms with Gasteiger partial charge in [-0.05, 0) is 54.0 Å². The molecule has 1 heterocycles. The highest BCUT2D eigenvalue weighted by molar-refractivity contribution is 5.44. The SMILES string of the molecule is C=CCN1CC[C@]2(C)c3cc(O)ccc3CC1[C@@H]2C.[Cl-]. The Bertz CT molecular complexity index is 516. The van der Waals surface area contributed by atoms with Crippen LogP contribution in [0, 0.1) is 5.92 Å². The fraction of sp³-hybridized carbons (Fsp3) is 0.529. The largest absolute Gasteiger partial charge is 1.00 e. The van der Waals surface area contributed by atoms with Gasteiger partial charge in [-0.3, -0.25) is 4.90 Å². The summed E-state index contributed by atoms with van der Waals surface area (Å²) in [4.78, 5) is 2.56. The molecule has 1 saturated heterocycles. The molecule has 2 bridgehead atoms. The molecule has 0 radical (unpaired) electrons. The first-order valence-electron chi connectivity index (χ1n) is 7.23. The molecule has 0 spiro atoms. The van der Waals surface area contributed by atoms with Crippen molar-refractivity contribution in [1.29, 1.82) is 0 Å². The van der Waals surface area contributed by atoms with E-state index in [0.29, 0.717) is 17.7 Å². The summed E-state index contributed by atoms with van der Waals surface area (Å²) in [6.45, 7) is 10.7. The van der Waals surface area contributed by atoms with Crippen LogP contribution >= 0.6 is 0 Å². The van der Waals surface area contributed by atoms with Gasteiger partial charge in [-0.25, -0.2) is 0 Å². The summed E-state index contributed by atoms with van der Waals surface area (Å²) in [7, 11) is 0. The fourth-order valence-electron chi connectivity index (χ4n) is 4.09. The molecular formula is C17H23ClNO-. The first-order chi connectivity index (χ1) is 9.06. The Morgan fingerprint density at radius 2 is 2.25 bits per heavy atom. The van der Waals surface area contributed by atoms with Gasteiger partial charge in [0.1, 0.15) is 5.75 Å². The predicted molar refractivity (Wildman–Crippen MR) is 78.5 cm³/mol. The lowest BCUT2D eigenvalue weighted by Crippen LogP contribution is -3.00. The molecule has 3 atom stereocenters. The number of rotatable bonds is 2. The predicted octanol–water partition coefficient (Wildman–Crippen LogP) is 0.106. The summed E-state index contributed by atoms with van der Waals surface area (Å²) >= 11 is 0. The highest BCUT2D eigenvalue weighted by atomic mass is 35.5. The van der Waals surface area contributed by atoms with Crippen LogP contribution in [0.1, 0.15) is 31.4 Å². The molecule has 1 aliphatic heterocycles. The van der Waals surface area contributed by atoms with Crippen LogP contribution in [0.2, 0.25) is 0 Å². The Morgan fingerprint density at radius 3 is 2.95 bits per heavy atom. The van der Waals surface area contributed by atoms with Crippen molar-refractivity contribution in [3.05, 3.63) is 42.0 Å². The molecule has 1 aromatic rings. The molecular weight excluding hydrogens is 270 g/mol. The van der Waals surface area contributed by atoms with Crippen molar-refractivity contribution in [2.24, 2.45) is 5.92 Å². The van der Waals surface area contributed by atoms with E-state index in [4.69, 9.17) is 0 Å². The van der Waals surface area contributed by atoms with E-state index in [1.807, 2.05) is 18.2 Å². The number of halogens is 1. The number of benzene rings is 1. The number of hydrogen-bond acceptors (Lipinski definition) is 2. The minimum absolute atomic E-state index is 0. The summed E-state index contributed by atoms with van der Waals surface area (Å²) in [6, 6.07) is 6.53. The molecule has 2 nitrogen and oxygen atoms in total. The Balaban J connectivity index is 0.00000147. The van der Waals surface area contributed by atoms with E-state index < -0.39 is 0 Å². The molecule has 1 unspecified atom stereocenters. The van der Waals surface area contributed by atoms with Crippen molar-refractivity contribution in [2.75, 3.05) is 13.1 Å². The van der Waals surface area contributed by atoms with Crippen LogP contribution in [0.4, 0.5) is 0 Å². The quantitative estimate of drug-likeness (QED) is 0.782. The number of fused-ring (bicyclic) bond motifs is 4. The minimum Gasteiger partial charge on any atom is -1.00 e. The maximum absolute atomic E-state index is 9.80. The first kappa shape index (κ1) is 15.4. The number of phenols is 1. The Labute approximate surface area is 127 Å². The van der Waals surface area contributed by atoms with Crippen LogP contribution < -0.4 is 12.4 Å². The zero-order chi connectivity index (χ0) is 13.6. The Hall–Kier alpha value is -0.990. The van der Waals surface area contributed by atoms with Crippen LogP contribution in [0.3, 0.4) is 0 Å². The van der Waals surface area contributed by atoms with Crippen LogP contribution in [0.5, 0.6) is 5.75 Å². The third-order valence-corrected chi connectivity index (χ3v) is 5.47. The highest BCUT2D eigenvalue weighted by Gasteiger charge is 2.48. The normalized spacial score (nSPS) is 32.1. The van der Waals surface area contributed by atoms with Crippen molar-refractivity contribution < 1.29 is 17.5 Å². The molecule has 2 aliphatic rings. The topological polar surface area (TPSA) is 23.5 Å². The van der Waals surface area contributed by atoms with E-state index in [2.05, 4.69) is 31.4 Å². The molecule has 110 valence electrons. The van der Waals surface area contributed by atoms with Gasteiger partial charge in [0, 0.05) is 12.6 Å². The fourth-order valence-corrected chi connectivity index (χ4v) is 4.09. The minimum atomic E-state index is 0. The second kappa shape index (κ2) is 5.42. The second-order valence-corrected chi connectivity index (χ2v) is 6.35. The van der Waals surface area contributed by atoms with E-state index >= 15 is 0 Å². The van der Waals surface area contributed by atoms with Gasteiger partial charge in [0.25, 0.3) is 0 Å². The summed E-state index contributed by atoms with van der Waals surface area (Å²) in [5, 5.41) is 9.80. The molecule has 20 heavy (non-hydrogen) atoms. The average Bonchev–Trinajstić information content (AvgIpc) is 2.38. The molecule has 0 aromatic heterocycles. The number of hydrogen-bond donors (Lipinski definition) is 1. The van der Waals surface area contributed by atoms with Crippen LogP contribution in [0.25, 0.3) is 0 Å². The third-order valence-electron chi connectivity index (χ3n) is 5.47. The Kier molecular flexibility index (Phi) is 4.17. The van der Waals surface area contributed by atoms with Crippen molar-refractivity contribution in [3.8, 4) is 5.75 Å². The summed E-state index contributed by atoms with van der Waals surface area (Å²) in [5.41, 5.74) is 2.99. The molecule has 1 aromatic carbocycles. The maximum Gasteiger partial charge on any atom is 0.115 e. The number of nitrogens with zero attached hydrogens (tertiary/aromatic N) is 1. The standard InChI is InChI=1S/C17H23NO.ClH/c1-4-8-18-9-7-17(3)12(2)16(18)10-13-5-6-14(19)11-15(13)17;/h4-6,11-12,16,19H,1,7-10H2,2-3H3;1H/p-1/t12-,16?,17-;/m0./s1. The maximum atomic E-state index is 9.80. The van der Waals surface area contributed by atoms with Crippen molar-refractivity contribution in [1.82, 2.24) is 4.90 Å². The van der Waals surface area contributed by atoms with E-state index in [1.54, 1.807) is 0 Å². The van der Waals surface area contributed by atoms with Crippen LogP contribution in [-0.4, -0.2) is 29.1 Å². The molecule has 0 saturated carbocycles. The van der Waals surface area contributed by atoms with E-state index in [-0.39, 0.29) is 17.8 Å². The second-order valence-electron chi connectivity index (χ2n) is 6.35. The van der Waals surface area contributed by atoms with Gasteiger partial charge < -0.3 is 17.5 Å². The van der Waals surface area contributed by atoms with Crippen LogP contribution in [-0.2, 0) is 11.8 Å². The molecule has 1 fully saturated rings. The van der Waals surface area contributed by atoms with Gasteiger partial charge in [0.2, 0.25) is 0 Å². The number of likely N-dealkylation sites (tertiary alicyclic amines) is 1. The van der Waals surface area contributed by atoms with E-state index in [9.17, 15) is 5.11 Å². The molecule has 1 N–H and O–H groups in total. The third kappa shape index (κ3) is 2.15. The molecule has 0 amide bonds. The lowest BCUT2D eigenvalue weighted by atomic mass is 9.59. The van der Waals surface area contributed by atoms with Gasteiger partial charge >= 0.3 is 0 Å². The molecule has 3 rings (SSSR count). The zero-order valence-corrected chi connectivity index (χ0v) is 13.0. The summed E-state index contributed by atoms with van der Waals surface area (Å²) in [6.07, 6.45) is 4.27.